The lowest BCUT2D eigenvalue weighted by Crippen LogP contribution is -2.33. The first-order valence-electron chi connectivity index (χ1n) is 7.65. The molecule has 0 saturated heterocycles. The van der Waals surface area contributed by atoms with Gasteiger partial charge in [-0.25, -0.2) is 4.98 Å². The molecule has 5 heteroatoms. The van der Waals surface area contributed by atoms with E-state index in [2.05, 4.69) is 15.7 Å². The molecule has 1 fully saturated rings. The molecule has 1 aromatic heterocycles. The molecular formula is C15H26N2O2S. The molecule has 0 radical (unpaired) electrons. The third kappa shape index (κ3) is 5.87. The molecular weight excluding hydrogens is 272 g/mol. The minimum absolute atomic E-state index is 0.372. The van der Waals surface area contributed by atoms with Gasteiger partial charge in [0.25, 0.3) is 0 Å². The first kappa shape index (κ1) is 15.9. The molecule has 0 bridgehead atoms. The number of rotatable bonds is 8. The highest BCUT2D eigenvalue weighted by Gasteiger charge is 2.15. The number of thiazole rings is 1. The van der Waals surface area contributed by atoms with Crippen LogP contribution in [0.15, 0.2) is 5.38 Å². The third-order valence-corrected chi connectivity index (χ3v) is 4.50. The Morgan fingerprint density at radius 3 is 2.95 bits per heavy atom. The van der Waals surface area contributed by atoms with Crippen molar-refractivity contribution in [2.24, 2.45) is 0 Å². The van der Waals surface area contributed by atoms with Crippen molar-refractivity contribution in [1.82, 2.24) is 10.3 Å². The Bertz CT molecular complexity index is 378. The van der Waals surface area contributed by atoms with Crippen molar-refractivity contribution in [3.63, 3.8) is 0 Å². The summed E-state index contributed by atoms with van der Waals surface area (Å²) in [6.07, 6.45) is 7.07. The van der Waals surface area contributed by atoms with E-state index < -0.39 is 6.10 Å². The van der Waals surface area contributed by atoms with Crippen LogP contribution in [0.2, 0.25) is 0 Å². The van der Waals surface area contributed by atoms with Crippen molar-refractivity contribution in [3.8, 4) is 0 Å². The zero-order valence-corrected chi connectivity index (χ0v) is 13.1. The summed E-state index contributed by atoms with van der Waals surface area (Å²) in [4.78, 5) is 4.42. The van der Waals surface area contributed by atoms with Crippen molar-refractivity contribution in [1.29, 1.82) is 0 Å². The number of hydrogen-bond donors (Lipinski definition) is 2. The van der Waals surface area contributed by atoms with Crippen LogP contribution in [0.4, 0.5) is 0 Å². The van der Waals surface area contributed by atoms with Crippen molar-refractivity contribution in [2.45, 2.75) is 57.7 Å². The Morgan fingerprint density at radius 1 is 1.45 bits per heavy atom. The lowest BCUT2D eigenvalue weighted by Gasteiger charge is -2.23. The molecule has 1 atom stereocenters. The predicted octanol–water partition coefficient (Wildman–Crippen LogP) is 2.29. The highest BCUT2D eigenvalue weighted by molar-refractivity contribution is 7.09. The number of aromatic nitrogens is 1. The van der Waals surface area contributed by atoms with Gasteiger partial charge in [0.05, 0.1) is 29.5 Å². The average Bonchev–Trinajstić information content (AvgIpc) is 2.88. The number of aliphatic hydroxyl groups excluding tert-OH is 1. The Labute approximate surface area is 125 Å². The summed E-state index contributed by atoms with van der Waals surface area (Å²) in [5.74, 6) is 0. The molecule has 1 unspecified atom stereocenters. The fourth-order valence-electron chi connectivity index (χ4n) is 2.55. The lowest BCUT2D eigenvalue weighted by molar-refractivity contribution is -0.0228. The second-order valence-corrected chi connectivity index (χ2v) is 6.62. The summed E-state index contributed by atoms with van der Waals surface area (Å²) in [7, 11) is 0. The standard InChI is InChI=1S/C15H26N2O2S/c1-12-17-13(11-20-12)7-8-16-9-14(18)10-19-15-5-3-2-4-6-15/h11,14-16,18H,2-10H2,1H3. The molecule has 1 aromatic rings. The van der Waals surface area contributed by atoms with Gasteiger partial charge in [-0.15, -0.1) is 11.3 Å². The fourth-order valence-corrected chi connectivity index (χ4v) is 3.19. The van der Waals surface area contributed by atoms with Gasteiger partial charge in [-0.3, -0.25) is 0 Å². The number of aryl methyl sites for hydroxylation is 1. The molecule has 0 amide bonds. The number of ether oxygens (including phenoxy) is 1. The maximum absolute atomic E-state index is 9.88. The SMILES string of the molecule is Cc1nc(CCNCC(O)COC2CCCCC2)cs1. The van der Waals surface area contributed by atoms with Crippen LogP contribution in [-0.4, -0.2) is 42.0 Å². The van der Waals surface area contributed by atoms with Gasteiger partial charge < -0.3 is 15.2 Å². The maximum Gasteiger partial charge on any atom is 0.0897 e. The number of aliphatic hydroxyl groups is 1. The molecule has 1 saturated carbocycles. The molecule has 0 spiro atoms. The monoisotopic (exact) mass is 298 g/mol. The zero-order chi connectivity index (χ0) is 14.2. The molecule has 1 aliphatic carbocycles. The summed E-state index contributed by atoms with van der Waals surface area (Å²) in [6, 6.07) is 0. The van der Waals surface area contributed by atoms with Crippen molar-refractivity contribution in [3.05, 3.63) is 16.1 Å². The predicted molar refractivity (Wildman–Crippen MR) is 82.3 cm³/mol. The van der Waals surface area contributed by atoms with E-state index in [0.717, 1.165) is 36.5 Å². The largest absolute Gasteiger partial charge is 0.389 e. The van der Waals surface area contributed by atoms with E-state index in [1.807, 2.05) is 6.92 Å². The first-order valence-corrected chi connectivity index (χ1v) is 8.53. The molecule has 1 aliphatic rings. The number of nitrogens with one attached hydrogen (secondary N) is 1. The van der Waals surface area contributed by atoms with E-state index in [4.69, 9.17) is 4.74 Å². The maximum atomic E-state index is 9.88. The van der Waals surface area contributed by atoms with Crippen LogP contribution in [0.5, 0.6) is 0 Å². The van der Waals surface area contributed by atoms with E-state index in [1.54, 1.807) is 11.3 Å². The minimum atomic E-state index is -0.408. The summed E-state index contributed by atoms with van der Waals surface area (Å²) in [5, 5.41) is 16.4. The summed E-state index contributed by atoms with van der Waals surface area (Å²) >= 11 is 1.68. The molecule has 0 aromatic carbocycles. The summed E-state index contributed by atoms with van der Waals surface area (Å²) < 4.78 is 5.76. The Balaban J connectivity index is 1.50. The molecule has 2 N–H and O–H groups in total. The van der Waals surface area contributed by atoms with Crippen LogP contribution in [0.25, 0.3) is 0 Å². The van der Waals surface area contributed by atoms with Crippen LogP contribution in [-0.2, 0) is 11.2 Å². The number of nitrogens with zero attached hydrogens (tertiary/aromatic N) is 1. The number of hydrogen-bond acceptors (Lipinski definition) is 5. The van der Waals surface area contributed by atoms with E-state index in [1.165, 1.54) is 19.3 Å². The van der Waals surface area contributed by atoms with Crippen LogP contribution in [0.3, 0.4) is 0 Å². The average molecular weight is 298 g/mol. The Morgan fingerprint density at radius 2 is 2.25 bits per heavy atom. The topological polar surface area (TPSA) is 54.4 Å². The van der Waals surface area contributed by atoms with Crippen LogP contribution >= 0.6 is 11.3 Å². The van der Waals surface area contributed by atoms with Crippen LogP contribution in [0, 0.1) is 6.92 Å². The van der Waals surface area contributed by atoms with Gasteiger partial charge in [-0.1, -0.05) is 19.3 Å². The molecule has 0 aliphatic heterocycles. The highest BCUT2D eigenvalue weighted by Crippen LogP contribution is 2.20. The van der Waals surface area contributed by atoms with Gasteiger partial charge >= 0.3 is 0 Å². The molecule has 20 heavy (non-hydrogen) atoms. The normalized spacial score (nSPS) is 18.3. The van der Waals surface area contributed by atoms with E-state index >= 15 is 0 Å². The van der Waals surface area contributed by atoms with Gasteiger partial charge in [0.1, 0.15) is 0 Å². The Kier molecular flexibility index (Phi) is 6.93. The molecule has 4 nitrogen and oxygen atoms in total. The third-order valence-electron chi connectivity index (χ3n) is 3.68. The summed E-state index contributed by atoms with van der Waals surface area (Å²) in [5.41, 5.74) is 1.13. The smallest absolute Gasteiger partial charge is 0.0897 e. The van der Waals surface area contributed by atoms with E-state index in [-0.39, 0.29) is 0 Å². The fraction of sp³-hybridized carbons (Fsp3) is 0.800. The van der Waals surface area contributed by atoms with Gasteiger partial charge in [0, 0.05) is 24.9 Å². The highest BCUT2D eigenvalue weighted by atomic mass is 32.1. The van der Waals surface area contributed by atoms with Crippen molar-refractivity contribution in [2.75, 3.05) is 19.7 Å². The van der Waals surface area contributed by atoms with Gasteiger partial charge in [-0.2, -0.15) is 0 Å². The van der Waals surface area contributed by atoms with Gasteiger partial charge in [-0.05, 0) is 19.8 Å². The van der Waals surface area contributed by atoms with Gasteiger partial charge in [0.2, 0.25) is 0 Å². The molecule has 1 heterocycles. The zero-order valence-electron chi connectivity index (χ0n) is 12.3. The quantitative estimate of drug-likeness (QED) is 0.723. The minimum Gasteiger partial charge on any atom is -0.389 e. The van der Waals surface area contributed by atoms with Crippen molar-refractivity contribution >= 4 is 11.3 Å². The molecule has 114 valence electrons. The van der Waals surface area contributed by atoms with E-state index in [0.29, 0.717) is 19.3 Å². The second kappa shape index (κ2) is 8.72. The summed E-state index contributed by atoms with van der Waals surface area (Å²) in [6.45, 7) is 3.92. The van der Waals surface area contributed by atoms with Gasteiger partial charge in [0.15, 0.2) is 0 Å². The second-order valence-electron chi connectivity index (χ2n) is 5.56. The first-order chi connectivity index (χ1) is 9.74. The Hall–Kier alpha value is -0.490. The molecule has 2 rings (SSSR count). The lowest BCUT2D eigenvalue weighted by atomic mass is 9.98. The van der Waals surface area contributed by atoms with Crippen molar-refractivity contribution < 1.29 is 9.84 Å². The van der Waals surface area contributed by atoms with Crippen LogP contribution in [0.1, 0.15) is 42.8 Å². The van der Waals surface area contributed by atoms with E-state index in [9.17, 15) is 5.11 Å². The van der Waals surface area contributed by atoms with Crippen LogP contribution < -0.4 is 5.32 Å².